The molecule has 0 bridgehead atoms. The molecule has 0 aliphatic carbocycles. The number of ether oxygens (including phenoxy) is 3. The van der Waals surface area contributed by atoms with Crippen LogP contribution >= 0.6 is 11.6 Å². The quantitative estimate of drug-likeness (QED) is 0.755. The summed E-state index contributed by atoms with van der Waals surface area (Å²) in [5.74, 6) is -1.11. The zero-order valence-corrected chi connectivity index (χ0v) is 13.6. The molecule has 0 saturated carbocycles. The Balaban J connectivity index is 2.87. The molecule has 1 aromatic rings. The topological polar surface area (TPSA) is 117 Å². The van der Waals surface area contributed by atoms with Crippen LogP contribution in [-0.4, -0.2) is 37.7 Å². The SMILES string of the molecule is COc1cc(C(=O)OCC(=O)NC(N)=O)cc(Cl)c1OC(C)C. The van der Waals surface area contributed by atoms with Gasteiger partial charge in [0, 0.05) is 0 Å². The number of nitrogens with one attached hydrogen (secondary N) is 1. The van der Waals surface area contributed by atoms with Gasteiger partial charge in [-0.25, -0.2) is 9.59 Å². The van der Waals surface area contributed by atoms with Crippen LogP contribution in [0.3, 0.4) is 0 Å². The van der Waals surface area contributed by atoms with Crippen molar-refractivity contribution in [2.75, 3.05) is 13.7 Å². The number of primary amides is 1. The number of hydrogen-bond acceptors (Lipinski definition) is 6. The van der Waals surface area contributed by atoms with E-state index in [1.54, 1.807) is 5.32 Å². The van der Waals surface area contributed by atoms with Gasteiger partial charge in [0.1, 0.15) is 0 Å². The number of rotatable bonds is 6. The van der Waals surface area contributed by atoms with E-state index in [-0.39, 0.29) is 22.4 Å². The van der Waals surface area contributed by atoms with Crippen LogP contribution in [0.25, 0.3) is 0 Å². The summed E-state index contributed by atoms with van der Waals surface area (Å²) in [7, 11) is 1.40. The Hall–Kier alpha value is -2.48. The first-order valence-corrected chi connectivity index (χ1v) is 6.93. The van der Waals surface area contributed by atoms with Crippen LogP contribution in [0.5, 0.6) is 11.5 Å². The minimum atomic E-state index is -1.04. The fraction of sp³-hybridized carbons (Fsp3) is 0.357. The van der Waals surface area contributed by atoms with Gasteiger partial charge in [-0.3, -0.25) is 10.1 Å². The summed E-state index contributed by atoms with van der Waals surface area (Å²) in [6.07, 6.45) is -0.142. The number of urea groups is 1. The molecule has 0 fully saturated rings. The van der Waals surface area contributed by atoms with Gasteiger partial charge in [-0.1, -0.05) is 11.6 Å². The standard InChI is InChI=1S/C14H17ClN2O6/c1-7(2)23-12-9(15)4-8(5-10(12)21-3)13(19)22-6-11(18)17-14(16)20/h4-5,7H,6H2,1-3H3,(H3,16,17,18,20). The minimum absolute atomic E-state index is 0.0647. The molecule has 23 heavy (non-hydrogen) atoms. The number of halogens is 1. The van der Waals surface area contributed by atoms with E-state index < -0.39 is 24.5 Å². The van der Waals surface area contributed by atoms with Gasteiger partial charge >= 0.3 is 12.0 Å². The largest absolute Gasteiger partial charge is 0.493 e. The van der Waals surface area contributed by atoms with E-state index in [2.05, 4.69) is 0 Å². The Morgan fingerprint density at radius 2 is 1.96 bits per heavy atom. The van der Waals surface area contributed by atoms with Crippen molar-refractivity contribution >= 4 is 29.5 Å². The molecular formula is C14H17ClN2O6. The molecule has 0 unspecified atom stereocenters. The van der Waals surface area contributed by atoms with Gasteiger partial charge in [0.25, 0.3) is 5.91 Å². The van der Waals surface area contributed by atoms with Crippen LogP contribution in [0, 0.1) is 0 Å². The average Bonchev–Trinajstić information content (AvgIpc) is 2.45. The van der Waals surface area contributed by atoms with E-state index in [0.29, 0.717) is 5.75 Å². The molecule has 0 atom stereocenters. The molecule has 126 valence electrons. The number of carbonyl (C=O) groups is 3. The highest BCUT2D eigenvalue weighted by atomic mass is 35.5. The number of nitrogens with two attached hydrogens (primary N) is 1. The predicted molar refractivity (Wildman–Crippen MR) is 81.8 cm³/mol. The second-order valence-electron chi connectivity index (χ2n) is 4.64. The zero-order chi connectivity index (χ0) is 17.6. The molecule has 3 N–H and O–H groups in total. The molecule has 0 aliphatic heterocycles. The molecule has 3 amide bonds. The normalized spacial score (nSPS) is 10.1. The van der Waals surface area contributed by atoms with Crippen molar-refractivity contribution in [3.8, 4) is 11.5 Å². The number of esters is 1. The summed E-state index contributed by atoms with van der Waals surface area (Å²) in [6, 6.07) is 1.67. The molecule has 0 heterocycles. The van der Waals surface area contributed by atoms with E-state index in [0.717, 1.165) is 0 Å². The third-order valence-electron chi connectivity index (χ3n) is 2.42. The first-order chi connectivity index (χ1) is 10.7. The third kappa shape index (κ3) is 5.67. The lowest BCUT2D eigenvalue weighted by molar-refractivity contribution is -0.123. The van der Waals surface area contributed by atoms with Crippen LogP contribution in [0.15, 0.2) is 12.1 Å². The van der Waals surface area contributed by atoms with E-state index in [9.17, 15) is 14.4 Å². The van der Waals surface area contributed by atoms with Crippen LogP contribution in [0.4, 0.5) is 4.79 Å². The fourth-order valence-corrected chi connectivity index (χ4v) is 1.83. The zero-order valence-electron chi connectivity index (χ0n) is 12.8. The molecule has 1 aromatic carbocycles. The summed E-state index contributed by atoms with van der Waals surface area (Å²) in [6.45, 7) is 2.97. The Morgan fingerprint density at radius 1 is 1.30 bits per heavy atom. The highest BCUT2D eigenvalue weighted by Crippen LogP contribution is 2.37. The lowest BCUT2D eigenvalue weighted by atomic mass is 10.2. The van der Waals surface area contributed by atoms with Gasteiger partial charge in [0.05, 0.1) is 23.8 Å². The molecule has 0 saturated heterocycles. The summed E-state index contributed by atoms with van der Waals surface area (Å²) >= 11 is 6.08. The molecule has 8 nitrogen and oxygen atoms in total. The van der Waals surface area contributed by atoms with E-state index in [4.69, 9.17) is 31.5 Å². The van der Waals surface area contributed by atoms with Crippen molar-refractivity contribution in [2.24, 2.45) is 5.73 Å². The fourth-order valence-electron chi connectivity index (χ4n) is 1.58. The van der Waals surface area contributed by atoms with Crippen molar-refractivity contribution in [3.63, 3.8) is 0 Å². The van der Waals surface area contributed by atoms with Crippen molar-refractivity contribution < 1.29 is 28.6 Å². The second kappa shape index (κ2) is 8.23. The van der Waals surface area contributed by atoms with Gasteiger partial charge in [0.15, 0.2) is 18.1 Å². The predicted octanol–water partition coefficient (Wildman–Crippen LogP) is 1.49. The maximum atomic E-state index is 11.9. The first-order valence-electron chi connectivity index (χ1n) is 6.55. The molecule has 0 aliphatic rings. The summed E-state index contributed by atoms with van der Waals surface area (Å²) in [4.78, 5) is 33.6. The third-order valence-corrected chi connectivity index (χ3v) is 2.70. The number of methoxy groups -OCH3 is 1. The molecule has 0 radical (unpaired) electrons. The van der Waals surface area contributed by atoms with Gasteiger partial charge in [0.2, 0.25) is 0 Å². The van der Waals surface area contributed by atoms with E-state index >= 15 is 0 Å². The Kier molecular flexibility index (Phi) is 6.65. The summed E-state index contributed by atoms with van der Waals surface area (Å²) < 4.78 is 15.4. The van der Waals surface area contributed by atoms with Crippen molar-refractivity contribution in [1.29, 1.82) is 0 Å². The first kappa shape index (κ1) is 18.6. The number of amides is 3. The Morgan fingerprint density at radius 3 is 2.48 bits per heavy atom. The number of carbonyl (C=O) groups excluding carboxylic acids is 3. The molecule has 1 rings (SSSR count). The molecular weight excluding hydrogens is 328 g/mol. The summed E-state index contributed by atoms with van der Waals surface area (Å²) in [5, 5.41) is 1.93. The second-order valence-corrected chi connectivity index (χ2v) is 5.05. The van der Waals surface area contributed by atoms with Crippen molar-refractivity contribution in [1.82, 2.24) is 5.32 Å². The number of hydrogen-bond donors (Lipinski definition) is 2. The Labute approximate surface area is 137 Å². The highest BCUT2D eigenvalue weighted by molar-refractivity contribution is 6.32. The molecule has 0 spiro atoms. The van der Waals surface area contributed by atoms with Gasteiger partial charge < -0.3 is 19.9 Å². The number of benzene rings is 1. The highest BCUT2D eigenvalue weighted by Gasteiger charge is 2.18. The van der Waals surface area contributed by atoms with Gasteiger partial charge in [-0.15, -0.1) is 0 Å². The minimum Gasteiger partial charge on any atom is -0.493 e. The van der Waals surface area contributed by atoms with Gasteiger partial charge in [-0.05, 0) is 26.0 Å². The van der Waals surface area contributed by atoms with Crippen molar-refractivity contribution in [3.05, 3.63) is 22.7 Å². The van der Waals surface area contributed by atoms with Crippen LogP contribution < -0.4 is 20.5 Å². The molecule has 0 aromatic heterocycles. The van der Waals surface area contributed by atoms with E-state index in [1.807, 2.05) is 13.8 Å². The average molecular weight is 345 g/mol. The monoisotopic (exact) mass is 344 g/mol. The molecule has 9 heteroatoms. The maximum Gasteiger partial charge on any atom is 0.338 e. The maximum absolute atomic E-state index is 11.9. The van der Waals surface area contributed by atoms with Crippen molar-refractivity contribution in [2.45, 2.75) is 20.0 Å². The lowest BCUT2D eigenvalue weighted by Crippen LogP contribution is -2.37. The van der Waals surface area contributed by atoms with Crippen LogP contribution in [0.2, 0.25) is 5.02 Å². The van der Waals surface area contributed by atoms with Crippen LogP contribution in [-0.2, 0) is 9.53 Å². The van der Waals surface area contributed by atoms with Crippen LogP contribution in [0.1, 0.15) is 24.2 Å². The van der Waals surface area contributed by atoms with Gasteiger partial charge in [-0.2, -0.15) is 0 Å². The van der Waals surface area contributed by atoms with E-state index in [1.165, 1.54) is 19.2 Å². The smallest absolute Gasteiger partial charge is 0.338 e. The Bertz CT molecular complexity index is 618. The number of imide groups is 1. The summed E-state index contributed by atoms with van der Waals surface area (Å²) in [5.41, 5.74) is 4.83. The lowest BCUT2D eigenvalue weighted by Gasteiger charge is -2.16.